The van der Waals surface area contributed by atoms with Gasteiger partial charge >= 0.3 is 0 Å². The molecule has 0 aliphatic rings. The van der Waals surface area contributed by atoms with E-state index in [9.17, 15) is 0 Å². The van der Waals surface area contributed by atoms with Gasteiger partial charge in [0.15, 0.2) is 0 Å². The van der Waals surface area contributed by atoms with Crippen molar-refractivity contribution in [2.75, 3.05) is 82.7 Å². The molecule has 5 nitrogen and oxygen atoms in total. The van der Waals surface area contributed by atoms with Crippen LogP contribution in [0.15, 0.2) is 0 Å². The minimum absolute atomic E-state index is 0.490. The normalized spacial score (nSPS) is 15.4. The third-order valence-corrected chi connectivity index (χ3v) is 3.90. The SMILES string of the molecule is CN(C)CCC(COCC(CCN(C)C)N(C)C)N(C)C. The van der Waals surface area contributed by atoms with Crippen LogP contribution in [0.4, 0.5) is 0 Å². The average molecular weight is 303 g/mol. The van der Waals surface area contributed by atoms with Crippen LogP contribution >= 0.6 is 0 Å². The first-order valence-electron chi connectivity index (χ1n) is 7.94. The first kappa shape index (κ1) is 20.8. The molecule has 0 amide bonds. The van der Waals surface area contributed by atoms with Gasteiger partial charge in [0.05, 0.1) is 13.2 Å². The van der Waals surface area contributed by atoms with Gasteiger partial charge in [-0.2, -0.15) is 0 Å². The van der Waals surface area contributed by atoms with Crippen LogP contribution in [0.5, 0.6) is 0 Å². The molecule has 0 N–H and O–H groups in total. The molecule has 0 aromatic rings. The topological polar surface area (TPSA) is 22.2 Å². The molecule has 0 heterocycles. The molecule has 0 saturated carbocycles. The van der Waals surface area contributed by atoms with E-state index in [0.29, 0.717) is 12.1 Å². The number of hydrogen-bond donors (Lipinski definition) is 0. The van der Waals surface area contributed by atoms with Crippen molar-refractivity contribution in [1.82, 2.24) is 19.6 Å². The molecule has 0 rings (SSSR count). The summed E-state index contributed by atoms with van der Waals surface area (Å²) in [5.41, 5.74) is 0. The number of hydrogen-bond acceptors (Lipinski definition) is 5. The second-order valence-electron chi connectivity index (χ2n) is 6.96. The zero-order valence-corrected chi connectivity index (χ0v) is 15.6. The van der Waals surface area contributed by atoms with Crippen molar-refractivity contribution in [1.29, 1.82) is 0 Å². The van der Waals surface area contributed by atoms with Gasteiger partial charge in [-0.25, -0.2) is 0 Å². The maximum atomic E-state index is 6.02. The minimum atomic E-state index is 0.490. The Morgan fingerprint density at radius 2 is 0.952 bits per heavy atom. The van der Waals surface area contributed by atoms with E-state index in [-0.39, 0.29) is 0 Å². The Labute approximate surface area is 132 Å². The lowest BCUT2D eigenvalue weighted by molar-refractivity contribution is 0.0368. The van der Waals surface area contributed by atoms with Crippen LogP contribution in [0.25, 0.3) is 0 Å². The van der Waals surface area contributed by atoms with Gasteiger partial charge in [-0.3, -0.25) is 0 Å². The van der Waals surface area contributed by atoms with Crippen LogP contribution in [0.1, 0.15) is 12.8 Å². The summed E-state index contributed by atoms with van der Waals surface area (Å²) in [6, 6.07) is 0.980. The van der Waals surface area contributed by atoms with E-state index in [2.05, 4.69) is 76.0 Å². The predicted molar refractivity (Wildman–Crippen MR) is 92.1 cm³/mol. The van der Waals surface area contributed by atoms with Gasteiger partial charge in [-0.15, -0.1) is 0 Å². The predicted octanol–water partition coefficient (Wildman–Crippen LogP) is 0.767. The highest BCUT2D eigenvalue weighted by Gasteiger charge is 2.15. The van der Waals surface area contributed by atoms with Gasteiger partial charge in [0.2, 0.25) is 0 Å². The van der Waals surface area contributed by atoms with Crippen molar-refractivity contribution in [2.45, 2.75) is 24.9 Å². The second-order valence-corrected chi connectivity index (χ2v) is 6.96. The van der Waals surface area contributed by atoms with Crippen LogP contribution in [0.2, 0.25) is 0 Å². The lowest BCUT2D eigenvalue weighted by atomic mass is 10.2. The summed E-state index contributed by atoms with van der Waals surface area (Å²) in [6.45, 7) is 3.83. The lowest BCUT2D eigenvalue weighted by Gasteiger charge is -2.29. The number of rotatable bonds is 12. The van der Waals surface area contributed by atoms with E-state index in [1.807, 2.05) is 0 Å². The molecule has 21 heavy (non-hydrogen) atoms. The molecule has 0 spiro atoms. The second kappa shape index (κ2) is 11.4. The standard InChI is InChI=1S/C16H38N4O/c1-17(2)11-9-15(19(5)6)13-21-14-16(20(7)8)10-12-18(3)4/h15-16H,9-14H2,1-8H3. The zero-order valence-electron chi connectivity index (χ0n) is 15.6. The summed E-state index contributed by atoms with van der Waals surface area (Å²) < 4.78 is 6.02. The first-order chi connectivity index (χ1) is 9.73. The molecule has 5 heteroatoms. The van der Waals surface area contributed by atoms with E-state index < -0.39 is 0 Å². The Morgan fingerprint density at radius 1 is 0.619 bits per heavy atom. The minimum Gasteiger partial charge on any atom is -0.378 e. The molecular formula is C16H38N4O. The van der Waals surface area contributed by atoms with Gasteiger partial charge < -0.3 is 24.3 Å². The molecule has 0 aliphatic carbocycles. The summed E-state index contributed by atoms with van der Waals surface area (Å²) in [5, 5.41) is 0. The third kappa shape index (κ3) is 11.1. The average Bonchev–Trinajstić information content (AvgIpc) is 2.35. The molecular weight excluding hydrogens is 264 g/mol. The Kier molecular flexibility index (Phi) is 11.3. The lowest BCUT2D eigenvalue weighted by Crippen LogP contribution is -2.39. The third-order valence-electron chi connectivity index (χ3n) is 3.90. The Hall–Kier alpha value is -0.200. The van der Waals surface area contributed by atoms with E-state index in [1.165, 1.54) is 0 Å². The Bertz CT molecular complexity index is 220. The fourth-order valence-electron chi connectivity index (χ4n) is 2.14. The van der Waals surface area contributed by atoms with Crippen molar-refractivity contribution < 1.29 is 4.74 Å². The van der Waals surface area contributed by atoms with Crippen molar-refractivity contribution in [3.8, 4) is 0 Å². The maximum Gasteiger partial charge on any atom is 0.0622 e. The van der Waals surface area contributed by atoms with Gasteiger partial charge in [-0.05, 0) is 82.3 Å². The van der Waals surface area contributed by atoms with Crippen molar-refractivity contribution in [3.05, 3.63) is 0 Å². The van der Waals surface area contributed by atoms with Gasteiger partial charge in [-0.1, -0.05) is 0 Å². The Balaban J connectivity index is 4.12. The first-order valence-corrected chi connectivity index (χ1v) is 7.94. The molecule has 0 fully saturated rings. The Morgan fingerprint density at radius 3 is 1.19 bits per heavy atom. The zero-order chi connectivity index (χ0) is 16.4. The maximum absolute atomic E-state index is 6.02. The highest BCUT2D eigenvalue weighted by atomic mass is 16.5. The molecule has 0 aromatic heterocycles. The number of likely N-dealkylation sites (N-methyl/N-ethyl adjacent to an activating group) is 2. The van der Waals surface area contributed by atoms with Crippen LogP contribution in [-0.4, -0.2) is 114 Å². The van der Waals surface area contributed by atoms with Crippen LogP contribution < -0.4 is 0 Å². The molecule has 0 radical (unpaired) electrons. The van der Waals surface area contributed by atoms with E-state index in [4.69, 9.17) is 4.74 Å². The highest BCUT2D eigenvalue weighted by molar-refractivity contribution is 4.70. The van der Waals surface area contributed by atoms with Gasteiger partial charge in [0.25, 0.3) is 0 Å². The smallest absolute Gasteiger partial charge is 0.0622 e. The van der Waals surface area contributed by atoms with Crippen LogP contribution in [0, 0.1) is 0 Å². The molecule has 0 aromatic carbocycles. The largest absolute Gasteiger partial charge is 0.378 e. The monoisotopic (exact) mass is 302 g/mol. The fourth-order valence-corrected chi connectivity index (χ4v) is 2.14. The van der Waals surface area contributed by atoms with Crippen molar-refractivity contribution >= 4 is 0 Å². The van der Waals surface area contributed by atoms with E-state index in [0.717, 1.165) is 39.1 Å². The van der Waals surface area contributed by atoms with E-state index >= 15 is 0 Å². The molecule has 0 saturated heterocycles. The van der Waals surface area contributed by atoms with Gasteiger partial charge in [0.1, 0.15) is 0 Å². The van der Waals surface area contributed by atoms with Crippen molar-refractivity contribution in [2.24, 2.45) is 0 Å². The highest BCUT2D eigenvalue weighted by Crippen LogP contribution is 2.05. The number of ether oxygens (including phenoxy) is 1. The summed E-state index contributed by atoms with van der Waals surface area (Å²) in [6.07, 6.45) is 2.29. The summed E-state index contributed by atoms with van der Waals surface area (Å²) >= 11 is 0. The molecule has 2 unspecified atom stereocenters. The molecule has 2 atom stereocenters. The molecule has 128 valence electrons. The quantitative estimate of drug-likeness (QED) is 0.529. The summed E-state index contributed by atoms with van der Waals surface area (Å²) in [4.78, 5) is 9.01. The van der Waals surface area contributed by atoms with Crippen LogP contribution in [0.3, 0.4) is 0 Å². The summed E-state index contributed by atoms with van der Waals surface area (Å²) in [7, 11) is 17.0. The van der Waals surface area contributed by atoms with Crippen LogP contribution in [-0.2, 0) is 4.74 Å². The van der Waals surface area contributed by atoms with Crippen molar-refractivity contribution in [3.63, 3.8) is 0 Å². The van der Waals surface area contributed by atoms with Gasteiger partial charge in [0, 0.05) is 12.1 Å². The fraction of sp³-hybridized carbons (Fsp3) is 1.00. The summed E-state index contributed by atoms with van der Waals surface area (Å²) in [5.74, 6) is 0. The van der Waals surface area contributed by atoms with E-state index in [1.54, 1.807) is 0 Å². The molecule has 0 aliphatic heterocycles. The number of nitrogens with zero attached hydrogens (tertiary/aromatic N) is 4. The molecule has 0 bridgehead atoms.